The summed E-state index contributed by atoms with van der Waals surface area (Å²) in [5, 5.41) is 6.91. The molecule has 1 aromatic heterocycles. The number of rotatable bonds is 7. The number of aryl methyl sites for hydroxylation is 2. The predicted molar refractivity (Wildman–Crippen MR) is 109 cm³/mol. The van der Waals surface area contributed by atoms with Gasteiger partial charge in [0.25, 0.3) is 15.9 Å². The Morgan fingerprint density at radius 2 is 1.93 bits per heavy atom. The minimum Gasteiger partial charge on any atom is -0.455 e. The molecule has 0 fully saturated rings. The molecule has 0 aliphatic heterocycles. The maximum atomic E-state index is 12.5. The molecule has 0 saturated heterocycles. The molecule has 0 bridgehead atoms. The average molecular weight is 420 g/mol. The van der Waals surface area contributed by atoms with Gasteiger partial charge >= 0.3 is 0 Å². The highest BCUT2D eigenvalue weighted by Crippen LogP contribution is 2.30. The van der Waals surface area contributed by atoms with Crippen molar-refractivity contribution in [2.75, 3.05) is 20.3 Å². The summed E-state index contributed by atoms with van der Waals surface area (Å²) in [4.78, 5) is 14.8. The van der Waals surface area contributed by atoms with Crippen LogP contribution in [0.2, 0.25) is 0 Å². The van der Waals surface area contributed by atoms with Crippen molar-refractivity contribution in [1.82, 2.24) is 10.1 Å². The Morgan fingerprint density at radius 3 is 2.62 bits per heavy atom. The highest BCUT2D eigenvalue weighted by molar-refractivity contribution is 7.89. The molecule has 1 aliphatic carbocycles. The second-order valence-corrected chi connectivity index (χ2v) is 8.58. The zero-order valence-corrected chi connectivity index (χ0v) is 17.6. The van der Waals surface area contributed by atoms with Crippen molar-refractivity contribution in [3.8, 4) is 0 Å². The van der Waals surface area contributed by atoms with E-state index in [1.807, 2.05) is 6.92 Å². The summed E-state index contributed by atoms with van der Waals surface area (Å²) in [7, 11) is -2.22. The first-order chi connectivity index (χ1) is 13.8. The Balaban J connectivity index is 1.84. The van der Waals surface area contributed by atoms with Gasteiger partial charge in [-0.05, 0) is 38.8 Å². The van der Waals surface area contributed by atoms with Gasteiger partial charge in [-0.1, -0.05) is 17.7 Å². The van der Waals surface area contributed by atoms with Gasteiger partial charge in [0, 0.05) is 31.2 Å². The van der Waals surface area contributed by atoms with E-state index in [-0.39, 0.29) is 16.6 Å². The first-order valence-electron chi connectivity index (χ1n) is 9.38. The molecular formula is C20H25N3O5S. The minimum atomic E-state index is -3.78. The van der Waals surface area contributed by atoms with E-state index in [4.69, 9.17) is 9.15 Å². The van der Waals surface area contributed by atoms with Crippen LogP contribution in [-0.4, -0.2) is 40.3 Å². The van der Waals surface area contributed by atoms with Crippen molar-refractivity contribution >= 4 is 21.6 Å². The molecule has 29 heavy (non-hydrogen) atoms. The molecule has 1 aromatic carbocycles. The van der Waals surface area contributed by atoms with Crippen molar-refractivity contribution < 1.29 is 22.4 Å². The number of fused-ring (bicyclic) bond motifs is 1. The Morgan fingerprint density at radius 1 is 1.21 bits per heavy atom. The zero-order valence-electron chi connectivity index (χ0n) is 16.7. The van der Waals surface area contributed by atoms with Crippen LogP contribution in [0.4, 0.5) is 0 Å². The van der Waals surface area contributed by atoms with E-state index in [1.165, 1.54) is 12.1 Å². The number of sulfonamides is 1. The van der Waals surface area contributed by atoms with Gasteiger partial charge in [0.2, 0.25) is 0 Å². The monoisotopic (exact) mass is 419 g/mol. The van der Waals surface area contributed by atoms with Gasteiger partial charge in [-0.2, -0.15) is 18.4 Å². The number of nitrogens with one attached hydrogen (secondary N) is 2. The third kappa shape index (κ3) is 4.68. The maximum absolute atomic E-state index is 12.5. The SMILES string of the molecule is COCCNC(=O)c1oc2c(c1C)/C(=N/NS(=O)(=O)c1ccc(C)cc1)CCC2. The fraction of sp³-hybridized carbons (Fsp3) is 0.400. The molecule has 8 nitrogen and oxygen atoms in total. The molecule has 0 spiro atoms. The number of ether oxygens (including phenoxy) is 1. The summed E-state index contributed by atoms with van der Waals surface area (Å²) in [5.41, 5.74) is 2.90. The second kappa shape index (κ2) is 8.79. The van der Waals surface area contributed by atoms with Crippen LogP contribution in [0, 0.1) is 13.8 Å². The number of amides is 1. The van der Waals surface area contributed by atoms with E-state index in [0.717, 1.165) is 12.0 Å². The molecule has 3 rings (SSSR count). The number of furan rings is 1. The van der Waals surface area contributed by atoms with Crippen LogP contribution in [0.1, 0.15) is 45.8 Å². The molecule has 0 unspecified atom stereocenters. The number of hydrogen-bond donors (Lipinski definition) is 2. The van der Waals surface area contributed by atoms with Crippen molar-refractivity contribution in [3.63, 3.8) is 0 Å². The fourth-order valence-corrected chi connectivity index (χ4v) is 4.06. The number of nitrogens with zero attached hydrogens (tertiary/aromatic N) is 1. The number of benzene rings is 1. The van der Waals surface area contributed by atoms with Crippen LogP contribution in [0.3, 0.4) is 0 Å². The summed E-state index contributed by atoms with van der Waals surface area (Å²) in [6.07, 6.45) is 2.02. The van der Waals surface area contributed by atoms with Crippen LogP contribution >= 0.6 is 0 Å². The third-order valence-corrected chi connectivity index (χ3v) is 5.98. The van der Waals surface area contributed by atoms with E-state index in [1.54, 1.807) is 26.2 Å². The summed E-state index contributed by atoms with van der Waals surface area (Å²) in [5.74, 6) is 0.551. The molecular weight excluding hydrogens is 394 g/mol. The Hall–Kier alpha value is -2.65. The summed E-state index contributed by atoms with van der Waals surface area (Å²) in [6, 6.07) is 6.54. The topological polar surface area (TPSA) is 110 Å². The molecule has 1 heterocycles. The summed E-state index contributed by atoms with van der Waals surface area (Å²) < 4.78 is 35.8. The van der Waals surface area contributed by atoms with Gasteiger partial charge in [-0.3, -0.25) is 4.79 Å². The van der Waals surface area contributed by atoms with Gasteiger partial charge in [0.05, 0.1) is 17.2 Å². The third-order valence-electron chi connectivity index (χ3n) is 4.76. The van der Waals surface area contributed by atoms with Crippen LogP contribution in [-0.2, 0) is 21.2 Å². The number of carbonyl (C=O) groups excluding carboxylic acids is 1. The highest BCUT2D eigenvalue weighted by Gasteiger charge is 2.28. The Bertz CT molecular complexity index is 1020. The number of hydrazone groups is 1. The average Bonchev–Trinajstić information content (AvgIpc) is 3.04. The summed E-state index contributed by atoms with van der Waals surface area (Å²) >= 11 is 0. The molecule has 2 aromatic rings. The number of carbonyl (C=O) groups is 1. The zero-order chi connectivity index (χ0) is 21.0. The van der Waals surface area contributed by atoms with Gasteiger partial charge in [-0.25, -0.2) is 0 Å². The van der Waals surface area contributed by atoms with Gasteiger partial charge in [-0.15, -0.1) is 0 Å². The lowest BCUT2D eigenvalue weighted by atomic mass is 9.93. The van der Waals surface area contributed by atoms with Crippen molar-refractivity contribution in [1.29, 1.82) is 0 Å². The molecule has 156 valence electrons. The molecule has 1 amide bonds. The van der Waals surface area contributed by atoms with Crippen LogP contribution in [0.15, 0.2) is 38.7 Å². The highest BCUT2D eigenvalue weighted by atomic mass is 32.2. The number of hydrogen-bond acceptors (Lipinski definition) is 6. The van der Waals surface area contributed by atoms with Gasteiger partial charge in [0.15, 0.2) is 5.76 Å². The molecule has 9 heteroatoms. The predicted octanol–water partition coefficient (Wildman–Crippen LogP) is 2.29. The van der Waals surface area contributed by atoms with Crippen LogP contribution in [0.25, 0.3) is 0 Å². The largest absolute Gasteiger partial charge is 0.455 e. The van der Waals surface area contributed by atoms with E-state index in [9.17, 15) is 13.2 Å². The normalized spacial score (nSPS) is 15.2. The fourth-order valence-electron chi connectivity index (χ4n) is 3.23. The molecule has 1 aliphatic rings. The molecule has 2 N–H and O–H groups in total. The first-order valence-corrected chi connectivity index (χ1v) is 10.9. The van der Waals surface area contributed by atoms with Crippen molar-refractivity contribution in [2.45, 2.75) is 38.0 Å². The minimum absolute atomic E-state index is 0.144. The molecule has 0 radical (unpaired) electrons. The number of methoxy groups -OCH3 is 1. The standard InChI is InChI=1S/C20H25N3O5S/c1-13-7-9-15(10-8-13)29(25,26)23-22-16-5-4-6-17-18(16)14(2)19(28-17)20(24)21-11-12-27-3/h7-10,23H,4-6,11-12H2,1-3H3,(H,21,24)/b22-16+. The lowest BCUT2D eigenvalue weighted by molar-refractivity contribution is 0.0907. The van der Waals surface area contributed by atoms with E-state index < -0.39 is 10.0 Å². The lowest BCUT2D eigenvalue weighted by Crippen LogP contribution is -2.27. The second-order valence-electron chi connectivity index (χ2n) is 6.92. The van der Waals surface area contributed by atoms with Crippen molar-refractivity contribution in [3.05, 3.63) is 52.5 Å². The van der Waals surface area contributed by atoms with E-state index in [0.29, 0.717) is 48.6 Å². The van der Waals surface area contributed by atoms with Crippen molar-refractivity contribution in [2.24, 2.45) is 5.10 Å². The molecule has 0 atom stereocenters. The maximum Gasteiger partial charge on any atom is 0.287 e. The lowest BCUT2D eigenvalue weighted by Gasteiger charge is -2.14. The smallest absolute Gasteiger partial charge is 0.287 e. The van der Waals surface area contributed by atoms with Crippen LogP contribution in [0.5, 0.6) is 0 Å². The first kappa shape index (κ1) is 21.1. The summed E-state index contributed by atoms with van der Waals surface area (Å²) in [6.45, 7) is 4.44. The van der Waals surface area contributed by atoms with Crippen LogP contribution < -0.4 is 10.1 Å². The Labute approximate surface area is 170 Å². The molecule has 0 saturated carbocycles. The van der Waals surface area contributed by atoms with E-state index in [2.05, 4.69) is 15.2 Å². The quantitative estimate of drug-likeness (QED) is 0.529. The van der Waals surface area contributed by atoms with Gasteiger partial charge < -0.3 is 14.5 Å². The Kier molecular flexibility index (Phi) is 6.39. The van der Waals surface area contributed by atoms with E-state index >= 15 is 0 Å². The van der Waals surface area contributed by atoms with Gasteiger partial charge in [0.1, 0.15) is 5.76 Å².